The lowest BCUT2D eigenvalue weighted by Crippen LogP contribution is -2.50. The van der Waals surface area contributed by atoms with Gasteiger partial charge in [-0.2, -0.15) is 0 Å². The Morgan fingerprint density at radius 3 is 2.13 bits per heavy atom. The highest BCUT2D eigenvalue weighted by Crippen LogP contribution is 2.40. The van der Waals surface area contributed by atoms with Crippen molar-refractivity contribution >= 4 is 70.6 Å². The van der Waals surface area contributed by atoms with Crippen molar-refractivity contribution in [2.45, 2.75) is 64.6 Å². The SMILES string of the molecule is CCC(=O)NC(C(=O)NCC(=O)Nc1ccc(C2=CN(C)C(C=Nc3cc(OCCCOc4cc5c(cc4OC)C(=O)N4C=C(c6ccc(OC)cc6)CC4C=N5)c(OC)cc3C=O)C2)cc1)C(C)C. The second-order valence-electron chi connectivity index (χ2n) is 17.3. The molecule has 0 aromatic heterocycles. The molecule has 3 unspecified atom stereocenters. The fourth-order valence-corrected chi connectivity index (χ4v) is 8.18. The van der Waals surface area contributed by atoms with Crippen molar-refractivity contribution in [3.8, 4) is 28.7 Å². The summed E-state index contributed by atoms with van der Waals surface area (Å²) in [5.74, 6) is 1.02. The van der Waals surface area contributed by atoms with Gasteiger partial charge in [0.15, 0.2) is 29.3 Å². The van der Waals surface area contributed by atoms with E-state index in [-0.39, 0.29) is 56.0 Å². The summed E-state index contributed by atoms with van der Waals surface area (Å²) in [6, 6.07) is 20.7. The lowest BCUT2D eigenvalue weighted by molar-refractivity contribution is -0.130. The van der Waals surface area contributed by atoms with Gasteiger partial charge in [-0.15, -0.1) is 0 Å². The summed E-state index contributed by atoms with van der Waals surface area (Å²) < 4.78 is 28.8. The van der Waals surface area contributed by atoms with E-state index in [1.54, 1.807) is 67.8 Å². The Morgan fingerprint density at radius 2 is 1.49 bits per heavy atom. The number of aliphatic imine (C=N–C) groups is 2. The van der Waals surface area contributed by atoms with Crippen molar-refractivity contribution < 1.29 is 47.7 Å². The van der Waals surface area contributed by atoms with Crippen LogP contribution in [0.15, 0.2) is 95.2 Å². The Labute approximate surface area is 407 Å². The minimum atomic E-state index is -0.735. The first-order valence-corrected chi connectivity index (χ1v) is 23.1. The Hall–Kier alpha value is -7.95. The van der Waals surface area contributed by atoms with Crippen molar-refractivity contribution in [3.63, 3.8) is 0 Å². The number of hydrogen-bond acceptors (Lipinski definition) is 13. The van der Waals surface area contributed by atoms with Gasteiger partial charge in [-0.3, -0.25) is 34.0 Å². The van der Waals surface area contributed by atoms with Gasteiger partial charge < -0.3 is 49.4 Å². The van der Waals surface area contributed by atoms with Crippen LogP contribution in [0, 0.1) is 5.92 Å². The lowest BCUT2D eigenvalue weighted by atomic mass is 10.0. The number of methoxy groups -OCH3 is 3. The number of aldehydes is 1. The number of rotatable bonds is 21. The second kappa shape index (κ2) is 22.9. The summed E-state index contributed by atoms with van der Waals surface area (Å²) in [7, 11) is 6.60. The number of carbonyl (C=O) groups is 5. The van der Waals surface area contributed by atoms with Crippen LogP contribution in [0.25, 0.3) is 11.1 Å². The van der Waals surface area contributed by atoms with Gasteiger partial charge in [-0.1, -0.05) is 45.0 Å². The minimum absolute atomic E-state index is 0.112. The van der Waals surface area contributed by atoms with E-state index in [4.69, 9.17) is 33.7 Å². The molecule has 17 nitrogen and oxygen atoms in total. The van der Waals surface area contributed by atoms with Crippen molar-refractivity contribution in [2.24, 2.45) is 15.9 Å². The minimum Gasteiger partial charge on any atom is -0.497 e. The predicted octanol–water partition coefficient (Wildman–Crippen LogP) is 7.40. The maximum absolute atomic E-state index is 13.8. The van der Waals surface area contributed by atoms with E-state index >= 15 is 0 Å². The first kappa shape index (κ1) is 49.9. The number of nitrogens with zero attached hydrogens (tertiary/aromatic N) is 4. The average molecular weight is 954 g/mol. The summed E-state index contributed by atoms with van der Waals surface area (Å²) in [6.45, 7) is 5.63. The fourth-order valence-electron chi connectivity index (χ4n) is 8.18. The molecule has 0 aliphatic carbocycles. The second-order valence-corrected chi connectivity index (χ2v) is 17.3. The van der Waals surface area contributed by atoms with Gasteiger partial charge >= 0.3 is 0 Å². The number of hydrogen-bond donors (Lipinski definition) is 3. The van der Waals surface area contributed by atoms with Crippen molar-refractivity contribution in [2.75, 3.05) is 53.5 Å². The van der Waals surface area contributed by atoms with Crippen molar-refractivity contribution in [1.82, 2.24) is 20.4 Å². The highest BCUT2D eigenvalue weighted by molar-refractivity contribution is 6.05. The normalized spacial score (nSPS) is 16.4. The molecule has 4 aromatic rings. The molecule has 0 radical (unpaired) electrons. The number of carbonyl (C=O) groups excluding carboxylic acids is 5. The van der Waals surface area contributed by atoms with Gasteiger partial charge in [0.25, 0.3) is 5.91 Å². The van der Waals surface area contributed by atoms with Crippen LogP contribution < -0.4 is 39.6 Å². The molecular formula is C53H59N7O10. The summed E-state index contributed by atoms with van der Waals surface area (Å²) in [6.07, 6.45) is 10.2. The summed E-state index contributed by atoms with van der Waals surface area (Å²) in [5, 5.41) is 8.11. The number of fused-ring (bicyclic) bond motifs is 2. The molecule has 3 aliphatic heterocycles. The smallest absolute Gasteiger partial charge is 0.260 e. The van der Waals surface area contributed by atoms with E-state index in [0.29, 0.717) is 70.4 Å². The molecule has 0 saturated heterocycles. The molecular weight excluding hydrogens is 895 g/mol. The van der Waals surface area contributed by atoms with Gasteiger partial charge in [0.1, 0.15) is 11.8 Å². The van der Waals surface area contributed by atoms with E-state index in [1.807, 2.05) is 74.6 Å². The number of nitrogens with one attached hydrogen (secondary N) is 3. The van der Waals surface area contributed by atoms with Gasteiger partial charge in [0.2, 0.25) is 17.7 Å². The number of benzene rings is 4. The number of amides is 4. The van der Waals surface area contributed by atoms with E-state index in [2.05, 4.69) is 16.0 Å². The molecule has 366 valence electrons. The third kappa shape index (κ3) is 11.8. The van der Waals surface area contributed by atoms with Gasteiger partial charge in [-0.05, 0) is 71.0 Å². The van der Waals surface area contributed by atoms with Crippen LogP contribution in [0.1, 0.15) is 78.3 Å². The zero-order valence-electron chi connectivity index (χ0n) is 40.4. The quantitative estimate of drug-likeness (QED) is 0.0428. The molecule has 70 heavy (non-hydrogen) atoms. The molecule has 0 saturated carbocycles. The summed E-state index contributed by atoms with van der Waals surface area (Å²) in [4.78, 5) is 76.4. The van der Waals surface area contributed by atoms with E-state index < -0.39 is 17.9 Å². The molecule has 17 heteroatoms. The van der Waals surface area contributed by atoms with Crippen molar-refractivity contribution in [1.29, 1.82) is 0 Å². The largest absolute Gasteiger partial charge is 0.497 e. The third-order valence-corrected chi connectivity index (χ3v) is 12.2. The number of ether oxygens (including phenoxy) is 5. The first-order chi connectivity index (χ1) is 33.8. The molecule has 7 rings (SSSR count). The lowest BCUT2D eigenvalue weighted by Gasteiger charge is -2.21. The van der Waals surface area contributed by atoms with Crippen LogP contribution in [-0.4, -0.2) is 118 Å². The molecule has 3 aliphatic rings. The van der Waals surface area contributed by atoms with E-state index in [0.717, 1.165) is 34.3 Å². The fraction of sp³-hybridized carbons (Fsp3) is 0.340. The van der Waals surface area contributed by atoms with Crippen molar-refractivity contribution in [3.05, 3.63) is 107 Å². The molecule has 0 bridgehead atoms. The Bertz CT molecular complexity index is 2710. The summed E-state index contributed by atoms with van der Waals surface area (Å²) >= 11 is 0. The first-order valence-electron chi connectivity index (χ1n) is 23.1. The van der Waals surface area contributed by atoms with Crippen LogP contribution in [0.2, 0.25) is 0 Å². The van der Waals surface area contributed by atoms with Crippen LogP contribution in [0.3, 0.4) is 0 Å². The van der Waals surface area contributed by atoms with E-state index in [9.17, 15) is 24.0 Å². The number of anilines is 1. The predicted molar refractivity (Wildman–Crippen MR) is 268 cm³/mol. The van der Waals surface area contributed by atoms with Gasteiger partial charge in [0, 0.05) is 74.5 Å². The van der Waals surface area contributed by atoms with Crippen LogP contribution in [0.4, 0.5) is 17.1 Å². The Morgan fingerprint density at radius 1 is 0.829 bits per heavy atom. The molecule has 0 spiro atoms. The van der Waals surface area contributed by atoms with Crippen LogP contribution in [0.5, 0.6) is 28.7 Å². The third-order valence-electron chi connectivity index (χ3n) is 12.2. The van der Waals surface area contributed by atoms with Gasteiger partial charge in [0.05, 0.1) is 70.1 Å². The standard InChI is InChI=1S/C53H59N7O10/c1-8-49(62)58-51(32(2)3)52(64)56-28-50(63)57-38-14-10-33(11-15-38)35-20-39(59(4)29-35)26-54-43-24-47(45(67-6)22-37(43)31-61)69-18-9-19-70-48-25-44-42(23-46(48)68-7)53(65)60-30-36(21-40(60)27-55-44)34-12-16-41(66-5)17-13-34/h10-17,22-27,29-32,39-40,51H,8-9,18-21,28H2,1-7H3,(H,56,64)(H,57,63)(H,58,62). The maximum atomic E-state index is 13.8. The zero-order valence-corrected chi connectivity index (χ0v) is 40.4. The molecule has 4 amide bonds. The summed E-state index contributed by atoms with van der Waals surface area (Å²) in [5.41, 5.74) is 6.28. The Kier molecular flexibility index (Phi) is 16.3. The molecule has 3 atom stereocenters. The van der Waals surface area contributed by atoms with Crippen LogP contribution in [-0.2, 0) is 14.4 Å². The average Bonchev–Trinajstić information content (AvgIpc) is 3.95. The highest BCUT2D eigenvalue weighted by atomic mass is 16.5. The Balaban J connectivity index is 0.913. The zero-order chi connectivity index (χ0) is 49.9. The van der Waals surface area contributed by atoms with E-state index in [1.165, 1.54) is 14.2 Å². The monoisotopic (exact) mass is 953 g/mol. The molecule has 3 N–H and O–H groups in total. The highest BCUT2D eigenvalue weighted by Gasteiger charge is 2.34. The maximum Gasteiger partial charge on any atom is 0.260 e. The van der Waals surface area contributed by atoms with Gasteiger partial charge in [-0.25, -0.2) is 0 Å². The molecule has 4 aromatic carbocycles. The van der Waals surface area contributed by atoms with Crippen LogP contribution >= 0.6 is 0 Å². The molecule has 0 fully saturated rings. The molecule has 3 heterocycles. The topological polar surface area (TPSA) is 199 Å².